The Morgan fingerprint density at radius 3 is 2.71 bits per heavy atom. The minimum atomic E-state index is -0.234. The number of hydrogen-bond donors (Lipinski definition) is 3. The summed E-state index contributed by atoms with van der Waals surface area (Å²) in [7, 11) is 1.56. The van der Waals surface area contributed by atoms with E-state index in [1.165, 1.54) is 0 Å². The van der Waals surface area contributed by atoms with Crippen LogP contribution in [0.3, 0.4) is 0 Å². The number of hydrogen-bond acceptors (Lipinski definition) is 3. The van der Waals surface area contributed by atoms with Crippen LogP contribution in [-0.2, 0) is 6.54 Å². The minimum absolute atomic E-state index is 0.234. The van der Waals surface area contributed by atoms with Crippen molar-refractivity contribution in [3.8, 4) is 5.75 Å². The molecule has 0 aromatic heterocycles. The standard InChI is InChI=1S/C16H17ClN2O2/c1-10-3-6-15(20)11(7-10)9-19-12-4-5-14(17)13(8-12)16(21)18-2/h3-8,19-20H,9H2,1-2H3,(H,18,21). The van der Waals surface area contributed by atoms with Gasteiger partial charge in [-0.05, 0) is 31.2 Å². The van der Waals surface area contributed by atoms with Gasteiger partial charge in [-0.15, -0.1) is 0 Å². The smallest absolute Gasteiger partial charge is 0.252 e. The van der Waals surface area contributed by atoms with E-state index in [0.29, 0.717) is 17.1 Å². The molecule has 0 bridgehead atoms. The molecule has 0 heterocycles. The van der Waals surface area contributed by atoms with E-state index in [1.54, 1.807) is 31.3 Å². The van der Waals surface area contributed by atoms with Gasteiger partial charge in [0.15, 0.2) is 0 Å². The fraction of sp³-hybridized carbons (Fsp3) is 0.188. The van der Waals surface area contributed by atoms with Crippen molar-refractivity contribution in [1.82, 2.24) is 5.32 Å². The van der Waals surface area contributed by atoms with Crippen LogP contribution in [0.5, 0.6) is 5.75 Å². The number of rotatable bonds is 4. The molecule has 1 amide bonds. The van der Waals surface area contributed by atoms with Crippen LogP contribution in [-0.4, -0.2) is 18.1 Å². The molecule has 0 aliphatic carbocycles. The lowest BCUT2D eigenvalue weighted by Gasteiger charge is -2.11. The number of phenolic OH excluding ortho intramolecular Hbond substituents is 1. The van der Waals surface area contributed by atoms with Crippen LogP contribution >= 0.6 is 11.6 Å². The average Bonchev–Trinajstić information content (AvgIpc) is 2.48. The SMILES string of the molecule is CNC(=O)c1cc(NCc2cc(C)ccc2O)ccc1Cl. The number of halogens is 1. The summed E-state index contributed by atoms with van der Waals surface area (Å²) in [5.74, 6) is 0.00985. The molecule has 0 aliphatic rings. The van der Waals surface area contributed by atoms with Crippen LogP contribution in [0.4, 0.5) is 5.69 Å². The van der Waals surface area contributed by atoms with Crippen LogP contribution in [0.2, 0.25) is 5.02 Å². The number of aromatic hydroxyl groups is 1. The topological polar surface area (TPSA) is 61.4 Å². The zero-order chi connectivity index (χ0) is 15.4. The van der Waals surface area contributed by atoms with E-state index in [1.807, 2.05) is 19.1 Å². The number of phenols is 1. The molecule has 2 aromatic rings. The van der Waals surface area contributed by atoms with E-state index in [9.17, 15) is 9.90 Å². The second-order valence-electron chi connectivity index (χ2n) is 4.76. The molecule has 0 saturated carbocycles. The van der Waals surface area contributed by atoms with Crippen LogP contribution in [0.15, 0.2) is 36.4 Å². The third kappa shape index (κ3) is 3.67. The second-order valence-corrected chi connectivity index (χ2v) is 5.17. The third-order valence-corrected chi connectivity index (χ3v) is 3.49. The Balaban J connectivity index is 2.17. The molecule has 0 spiro atoms. The van der Waals surface area contributed by atoms with Crippen molar-refractivity contribution < 1.29 is 9.90 Å². The first-order valence-electron chi connectivity index (χ1n) is 6.55. The number of carbonyl (C=O) groups excluding carboxylic acids is 1. The largest absolute Gasteiger partial charge is 0.508 e. The fourth-order valence-corrected chi connectivity index (χ4v) is 2.20. The number of carbonyl (C=O) groups is 1. The van der Waals surface area contributed by atoms with E-state index >= 15 is 0 Å². The lowest BCUT2D eigenvalue weighted by Crippen LogP contribution is -2.18. The lowest BCUT2D eigenvalue weighted by molar-refractivity contribution is 0.0963. The monoisotopic (exact) mass is 304 g/mol. The van der Waals surface area contributed by atoms with Gasteiger partial charge in [-0.2, -0.15) is 0 Å². The summed E-state index contributed by atoms with van der Waals surface area (Å²) >= 11 is 6.00. The minimum Gasteiger partial charge on any atom is -0.508 e. The maximum atomic E-state index is 11.7. The van der Waals surface area contributed by atoms with Crippen molar-refractivity contribution in [3.63, 3.8) is 0 Å². The fourth-order valence-electron chi connectivity index (χ4n) is 2.00. The molecule has 0 saturated heterocycles. The normalized spacial score (nSPS) is 10.2. The molecule has 2 aromatic carbocycles. The van der Waals surface area contributed by atoms with Crippen molar-refractivity contribution in [2.45, 2.75) is 13.5 Å². The summed E-state index contributed by atoms with van der Waals surface area (Å²) in [6.07, 6.45) is 0. The summed E-state index contributed by atoms with van der Waals surface area (Å²) < 4.78 is 0. The van der Waals surface area contributed by atoms with Crippen molar-refractivity contribution >= 4 is 23.2 Å². The molecule has 0 unspecified atom stereocenters. The quantitative estimate of drug-likeness (QED) is 0.812. The Morgan fingerprint density at radius 1 is 1.24 bits per heavy atom. The molecular weight excluding hydrogens is 288 g/mol. The van der Waals surface area contributed by atoms with Gasteiger partial charge in [-0.1, -0.05) is 29.3 Å². The molecule has 0 radical (unpaired) electrons. The first-order valence-corrected chi connectivity index (χ1v) is 6.93. The molecular formula is C16H17ClN2O2. The van der Waals surface area contributed by atoms with E-state index in [-0.39, 0.29) is 11.7 Å². The predicted octanol–water partition coefficient (Wildman–Crippen LogP) is 3.33. The summed E-state index contributed by atoms with van der Waals surface area (Å²) in [4.78, 5) is 11.7. The molecule has 0 atom stereocenters. The Morgan fingerprint density at radius 2 is 2.00 bits per heavy atom. The predicted molar refractivity (Wildman–Crippen MR) is 85.0 cm³/mol. The highest BCUT2D eigenvalue weighted by molar-refractivity contribution is 6.34. The molecule has 0 fully saturated rings. The molecule has 4 nitrogen and oxygen atoms in total. The Hall–Kier alpha value is -2.20. The summed E-state index contributed by atoms with van der Waals surface area (Å²) in [6.45, 7) is 2.43. The first-order chi connectivity index (χ1) is 10.0. The van der Waals surface area contributed by atoms with Crippen molar-refractivity contribution in [3.05, 3.63) is 58.1 Å². The van der Waals surface area contributed by atoms with Crippen molar-refractivity contribution in [1.29, 1.82) is 0 Å². The van der Waals surface area contributed by atoms with Gasteiger partial charge in [0.2, 0.25) is 0 Å². The highest BCUT2D eigenvalue weighted by atomic mass is 35.5. The highest BCUT2D eigenvalue weighted by Gasteiger charge is 2.09. The third-order valence-electron chi connectivity index (χ3n) is 3.16. The van der Waals surface area contributed by atoms with Crippen molar-refractivity contribution in [2.75, 3.05) is 12.4 Å². The van der Waals surface area contributed by atoms with E-state index in [4.69, 9.17) is 11.6 Å². The zero-order valence-corrected chi connectivity index (χ0v) is 12.7. The van der Waals surface area contributed by atoms with Gasteiger partial charge in [-0.3, -0.25) is 4.79 Å². The number of aryl methyl sites for hydroxylation is 1. The number of amides is 1. The maximum absolute atomic E-state index is 11.7. The van der Waals surface area contributed by atoms with Gasteiger partial charge in [0.25, 0.3) is 5.91 Å². The van der Waals surface area contributed by atoms with Crippen LogP contribution in [0, 0.1) is 6.92 Å². The van der Waals surface area contributed by atoms with Crippen LogP contribution in [0.25, 0.3) is 0 Å². The Kier molecular flexibility index (Phi) is 4.70. The molecule has 3 N–H and O–H groups in total. The Labute approximate surface area is 128 Å². The molecule has 2 rings (SSSR count). The number of nitrogens with one attached hydrogen (secondary N) is 2. The summed E-state index contributed by atoms with van der Waals surface area (Å²) in [5, 5.41) is 15.9. The molecule has 110 valence electrons. The van der Waals surface area contributed by atoms with Crippen LogP contribution in [0.1, 0.15) is 21.5 Å². The molecule has 0 aliphatic heterocycles. The summed E-state index contributed by atoms with van der Waals surface area (Å²) in [5.41, 5.74) is 3.05. The molecule has 21 heavy (non-hydrogen) atoms. The first kappa shape index (κ1) is 15.2. The van der Waals surface area contributed by atoms with Gasteiger partial charge < -0.3 is 15.7 Å². The Bertz CT molecular complexity index is 671. The average molecular weight is 305 g/mol. The van der Waals surface area contributed by atoms with E-state index in [0.717, 1.165) is 16.8 Å². The van der Waals surface area contributed by atoms with Crippen molar-refractivity contribution in [2.24, 2.45) is 0 Å². The molecule has 5 heteroatoms. The number of benzene rings is 2. The number of anilines is 1. The van der Waals surface area contributed by atoms with E-state index in [2.05, 4.69) is 10.6 Å². The summed E-state index contributed by atoms with van der Waals surface area (Å²) in [6, 6.07) is 10.6. The lowest BCUT2D eigenvalue weighted by atomic mass is 10.1. The van der Waals surface area contributed by atoms with Crippen LogP contribution < -0.4 is 10.6 Å². The highest BCUT2D eigenvalue weighted by Crippen LogP contribution is 2.23. The second kappa shape index (κ2) is 6.50. The van der Waals surface area contributed by atoms with Gasteiger partial charge in [0.05, 0.1) is 10.6 Å². The van der Waals surface area contributed by atoms with Gasteiger partial charge in [-0.25, -0.2) is 0 Å². The van der Waals surface area contributed by atoms with Gasteiger partial charge >= 0.3 is 0 Å². The maximum Gasteiger partial charge on any atom is 0.252 e. The van der Waals surface area contributed by atoms with Gasteiger partial charge in [0.1, 0.15) is 5.75 Å². The van der Waals surface area contributed by atoms with E-state index < -0.39 is 0 Å². The van der Waals surface area contributed by atoms with Gasteiger partial charge in [0, 0.05) is 24.8 Å². The zero-order valence-electron chi connectivity index (χ0n) is 11.9.